The van der Waals surface area contributed by atoms with Crippen molar-refractivity contribution in [1.29, 1.82) is 0 Å². The van der Waals surface area contributed by atoms with Crippen LogP contribution in [0.4, 0.5) is 0 Å². The Labute approximate surface area is 221 Å². The van der Waals surface area contributed by atoms with Crippen LogP contribution in [0, 0.1) is 0 Å². The normalized spacial score (nSPS) is 22.0. The number of likely N-dealkylation sites (N-methyl/N-ethyl adjacent to an activating group) is 1. The van der Waals surface area contributed by atoms with Crippen molar-refractivity contribution in [2.45, 2.75) is 61.8 Å². The molecular weight excluding hydrogens is 462 g/mol. The summed E-state index contributed by atoms with van der Waals surface area (Å²) in [6.45, 7) is 8.69. The third kappa shape index (κ3) is 6.40. The monoisotopic (exact) mass is 503 g/mol. The summed E-state index contributed by atoms with van der Waals surface area (Å²) in [5.41, 5.74) is 5.04. The minimum atomic E-state index is 0.102. The molecule has 1 fully saturated rings. The Balaban J connectivity index is 1.73. The fourth-order valence-corrected chi connectivity index (χ4v) is 6.27. The van der Waals surface area contributed by atoms with Crippen LogP contribution in [0.15, 0.2) is 83.3 Å². The van der Waals surface area contributed by atoms with Crippen molar-refractivity contribution < 1.29 is 0 Å². The summed E-state index contributed by atoms with van der Waals surface area (Å²) < 4.78 is 2.38. The second-order valence-electron chi connectivity index (χ2n) is 10.1. The maximum Gasteiger partial charge on any atom is 0.196 e. The third-order valence-corrected chi connectivity index (χ3v) is 8.40. The number of piperidine rings is 1. The molecule has 2 unspecified atom stereocenters. The lowest BCUT2D eigenvalue weighted by Crippen LogP contribution is -2.32. The van der Waals surface area contributed by atoms with Gasteiger partial charge in [-0.3, -0.25) is 4.57 Å². The highest BCUT2D eigenvalue weighted by molar-refractivity contribution is 8.00. The summed E-state index contributed by atoms with van der Waals surface area (Å²) in [6, 6.07) is 0. The first-order chi connectivity index (χ1) is 17.5. The van der Waals surface area contributed by atoms with Crippen LogP contribution in [0.3, 0.4) is 0 Å². The maximum absolute atomic E-state index is 4.83. The van der Waals surface area contributed by atoms with Crippen LogP contribution >= 0.6 is 11.8 Å². The summed E-state index contributed by atoms with van der Waals surface area (Å²) in [6.07, 6.45) is 26.3. The van der Waals surface area contributed by atoms with Gasteiger partial charge in [0, 0.05) is 38.0 Å². The predicted molar refractivity (Wildman–Crippen MR) is 154 cm³/mol. The average Bonchev–Trinajstić information content (AvgIpc) is 3.31. The van der Waals surface area contributed by atoms with Crippen LogP contribution in [-0.2, 0) is 0 Å². The van der Waals surface area contributed by atoms with E-state index >= 15 is 0 Å². The average molecular weight is 504 g/mol. The summed E-state index contributed by atoms with van der Waals surface area (Å²) in [7, 11) is 6.46. The molecule has 0 saturated carbocycles. The van der Waals surface area contributed by atoms with E-state index in [1.165, 1.54) is 23.4 Å². The van der Waals surface area contributed by atoms with Crippen LogP contribution < -0.4 is 0 Å². The maximum atomic E-state index is 4.83. The Morgan fingerprint density at radius 2 is 2.06 bits per heavy atom. The van der Waals surface area contributed by atoms with Gasteiger partial charge in [-0.25, -0.2) is 0 Å². The van der Waals surface area contributed by atoms with Crippen LogP contribution in [0.1, 0.15) is 57.2 Å². The molecule has 0 bridgehead atoms. The number of nitrogens with zero attached hydrogens (tertiary/aromatic N) is 5. The Hall–Kier alpha value is -2.57. The fourth-order valence-electron chi connectivity index (χ4n) is 5.11. The Kier molecular flexibility index (Phi) is 9.27. The number of aromatic nitrogens is 3. The molecule has 2 aliphatic carbocycles. The Morgan fingerprint density at radius 1 is 1.19 bits per heavy atom. The number of likely N-dealkylation sites (tertiary alicyclic amines) is 1. The molecule has 192 valence electrons. The first-order valence-electron chi connectivity index (χ1n) is 13.2. The number of thioether (sulfide) groups is 1. The molecule has 36 heavy (non-hydrogen) atoms. The molecule has 3 aliphatic rings. The summed E-state index contributed by atoms with van der Waals surface area (Å²) in [5.74, 6) is 1.51. The van der Waals surface area contributed by atoms with Crippen LogP contribution in [0.5, 0.6) is 0 Å². The molecule has 1 aromatic rings. The van der Waals surface area contributed by atoms with Crippen molar-refractivity contribution in [3.63, 3.8) is 0 Å². The fraction of sp³-hybridized carbons (Fsp3) is 0.467. The Morgan fingerprint density at radius 3 is 2.72 bits per heavy atom. The summed E-state index contributed by atoms with van der Waals surface area (Å²) >= 11 is 1.78. The number of hydrogen-bond donors (Lipinski definition) is 0. The summed E-state index contributed by atoms with van der Waals surface area (Å²) in [5, 5.41) is 10.7. The summed E-state index contributed by atoms with van der Waals surface area (Å²) in [4.78, 5) is 4.64. The first kappa shape index (κ1) is 26.5. The van der Waals surface area contributed by atoms with Crippen molar-refractivity contribution in [1.82, 2.24) is 24.6 Å². The van der Waals surface area contributed by atoms with Gasteiger partial charge in [-0.2, -0.15) is 0 Å². The molecular formula is C30H41N5S. The van der Waals surface area contributed by atoms with Gasteiger partial charge in [-0.1, -0.05) is 60.9 Å². The minimum Gasteiger partial charge on any atom is -0.381 e. The van der Waals surface area contributed by atoms with Gasteiger partial charge in [0.25, 0.3) is 0 Å². The third-order valence-electron chi connectivity index (χ3n) is 7.12. The van der Waals surface area contributed by atoms with Gasteiger partial charge >= 0.3 is 0 Å². The van der Waals surface area contributed by atoms with Crippen molar-refractivity contribution in [2.75, 3.05) is 34.2 Å². The molecule has 4 rings (SSSR count). The lowest BCUT2D eigenvalue weighted by molar-refractivity contribution is 0.244. The molecule has 1 aliphatic heterocycles. The molecule has 0 radical (unpaired) electrons. The molecule has 5 nitrogen and oxygen atoms in total. The van der Waals surface area contributed by atoms with Gasteiger partial charge in [0.15, 0.2) is 5.16 Å². The van der Waals surface area contributed by atoms with E-state index in [9.17, 15) is 0 Å². The second kappa shape index (κ2) is 12.6. The number of allylic oxidation sites excluding steroid dienone is 11. The zero-order valence-electron chi connectivity index (χ0n) is 22.4. The molecule has 2 atom stereocenters. The highest BCUT2D eigenvalue weighted by Crippen LogP contribution is 2.39. The molecule has 6 heteroatoms. The Bertz CT molecular complexity index is 1110. The van der Waals surface area contributed by atoms with Crippen molar-refractivity contribution in [2.24, 2.45) is 0 Å². The predicted octanol–water partition coefficient (Wildman–Crippen LogP) is 6.59. The van der Waals surface area contributed by atoms with Crippen LogP contribution in [0.25, 0.3) is 5.70 Å². The lowest BCUT2D eigenvalue weighted by atomic mass is 9.97. The van der Waals surface area contributed by atoms with Gasteiger partial charge in [-0.05, 0) is 82.3 Å². The van der Waals surface area contributed by atoms with E-state index < -0.39 is 0 Å². The van der Waals surface area contributed by atoms with Gasteiger partial charge in [0.2, 0.25) is 0 Å². The van der Waals surface area contributed by atoms with E-state index in [4.69, 9.17) is 10.2 Å². The van der Waals surface area contributed by atoms with Crippen molar-refractivity contribution in [3.8, 4) is 0 Å². The first-order valence-corrected chi connectivity index (χ1v) is 14.1. The molecule has 1 aromatic heterocycles. The topological polar surface area (TPSA) is 37.2 Å². The molecule has 0 aromatic carbocycles. The van der Waals surface area contributed by atoms with Crippen molar-refractivity contribution >= 4 is 17.5 Å². The van der Waals surface area contributed by atoms with Gasteiger partial charge < -0.3 is 9.80 Å². The van der Waals surface area contributed by atoms with Crippen LogP contribution in [-0.4, -0.2) is 64.0 Å². The SMILES string of the molecule is C=C(/C=C\C=C/C)C(Sc1nnc(C2CCCN(C)C2)n1C1=CC=C(N(C)C)CC1)C1=CCCC=C1. The smallest absolute Gasteiger partial charge is 0.196 e. The highest BCUT2D eigenvalue weighted by Gasteiger charge is 2.29. The lowest BCUT2D eigenvalue weighted by Gasteiger charge is -2.30. The zero-order valence-corrected chi connectivity index (χ0v) is 23.2. The standard InChI is InChI=1S/C30H41N5S/c1-6-7-9-13-23(2)28(24-14-10-8-11-15-24)36-30-32-31-29(25-16-12-21-34(5)22-25)35(30)27-19-17-26(18-20-27)33(3)4/h6-7,9-10,13-15,17,19,25,28H,2,8,11-12,16,18,20-22H2,1,3-5H3/b7-6-,13-9-. The van der Waals surface area contributed by atoms with E-state index in [1.807, 2.05) is 13.0 Å². The minimum absolute atomic E-state index is 0.102. The van der Waals surface area contributed by atoms with E-state index in [2.05, 4.69) is 90.7 Å². The number of rotatable bonds is 9. The van der Waals surface area contributed by atoms with Crippen LogP contribution in [0.2, 0.25) is 0 Å². The highest BCUT2D eigenvalue weighted by atomic mass is 32.2. The zero-order chi connectivity index (χ0) is 25.5. The van der Waals surface area contributed by atoms with Gasteiger partial charge in [0.05, 0.1) is 5.25 Å². The van der Waals surface area contributed by atoms with E-state index in [0.717, 1.165) is 61.7 Å². The quantitative estimate of drug-likeness (QED) is 0.281. The molecule has 0 spiro atoms. The number of hydrogen-bond acceptors (Lipinski definition) is 5. The van der Waals surface area contributed by atoms with E-state index in [1.54, 1.807) is 11.8 Å². The second-order valence-corrected chi connectivity index (χ2v) is 11.2. The van der Waals surface area contributed by atoms with E-state index in [-0.39, 0.29) is 5.25 Å². The molecule has 0 N–H and O–H groups in total. The molecule has 0 amide bonds. The van der Waals surface area contributed by atoms with Gasteiger partial charge in [-0.15, -0.1) is 10.2 Å². The largest absolute Gasteiger partial charge is 0.381 e. The molecule has 2 heterocycles. The van der Waals surface area contributed by atoms with E-state index in [0.29, 0.717) is 5.92 Å². The van der Waals surface area contributed by atoms with Gasteiger partial charge in [0.1, 0.15) is 5.82 Å². The molecule has 1 saturated heterocycles. The van der Waals surface area contributed by atoms with Crippen molar-refractivity contribution in [3.05, 3.63) is 83.9 Å².